The van der Waals surface area contributed by atoms with E-state index < -0.39 is 10.7 Å². The van der Waals surface area contributed by atoms with Gasteiger partial charge in [0.15, 0.2) is 11.6 Å². The second-order valence-corrected chi connectivity index (χ2v) is 5.00. The molecule has 0 heterocycles. The minimum Gasteiger partial charge on any atom is -0.494 e. The number of benzene rings is 2. The predicted molar refractivity (Wildman–Crippen MR) is 81.1 cm³/mol. The molecule has 5 nitrogen and oxygen atoms in total. The summed E-state index contributed by atoms with van der Waals surface area (Å²) in [5.74, 6) is -0.308. The molecule has 0 aliphatic rings. The SMILES string of the molecule is COc1ccc(NCc2cccc([N+](=O)[O-])c2Br)cc1F. The van der Waals surface area contributed by atoms with Crippen LogP contribution in [-0.2, 0) is 6.54 Å². The summed E-state index contributed by atoms with van der Waals surface area (Å²) in [6.45, 7) is 0.327. The van der Waals surface area contributed by atoms with Crippen molar-refractivity contribution in [3.63, 3.8) is 0 Å². The fourth-order valence-corrected chi connectivity index (χ4v) is 2.37. The van der Waals surface area contributed by atoms with Gasteiger partial charge in [0.2, 0.25) is 0 Å². The lowest BCUT2D eigenvalue weighted by Gasteiger charge is -2.10. The number of hydrogen-bond acceptors (Lipinski definition) is 4. The summed E-state index contributed by atoms with van der Waals surface area (Å²) in [4.78, 5) is 10.4. The molecule has 0 amide bonds. The van der Waals surface area contributed by atoms with E-state index >= 15 is 0 Å². The minimum absolute atomic E-state index is 0.00443. The quantitative estimate of drug-likeness (QED) is 0.647. The third-order valence-corrected chi connectivity index (χ3v) is 3.81. The summed E-state index contributed by atoms with van der Waals surface area (Å²) in [6.07, 6.45) is 0. The zero-order chi connectivity index (χ0) is 15.4. The normalized spacial score (nSPS) is 10.2. The highest BCUT2D eigenvalue weighted by Crippen LogP contribution is 2.29. The average molecular weight is 355 g/mol. The summed E-state index contributed by atoms with van der Waals surface area (Å²) < 4.78 is 18.8. The van der Waals surface area contributed by atoms with Crippen LogP contribution in [0.1, 0.15) is 5.56 Å². The molecule has 21 heavy (non-hydrogen) atoms. The van der Waals surface area contributed by atoms with Crippen LogP contribution in [0.25, 0.3) is 0 Å². The Kier molecular flexibility index (Phi) is 4.74. The molecular formula is C14H12BrFN2O3. The second-order valence-electron chi connectivity index (χ2n) is 4.21. The van der Waals surface area contributed by atoms with E-state index in [0.29, 0.717) is 22.3 Å². The number of hydrogen-bond donors (Lipinski definition) is 1. The molecule has 0 aliphatic heterocycles. The second kappa shape index (κ2) is 6.53. The van der Waals surface area contributed by atoms with Gasteiger partial charge in [-0.05, 0) is 33.6 Å². The molecule has 0 spiro atoms. The molecule has 110 valence electrons. The molecule has 0 bridgehead atoms. The topological polar surface area (TPSA) is 64.4 Å². The molecule has 0 aromatic heterocycles. The van der Waals surface area contributed by atoms with Crippen LogP contribution in [0, 0.1) is 15.9 Å². The van der Waals surface area contributed by atoms with Crippen LogP contribution in [0.4, 0.5) is 15.8 Å². The van der Waals surface area contributed by atoms with E-state index in [9.17, 15) is 14.5 Å². The maximum Gasteiger partial charge on any atom is 0.283 e. The fraction of sp³-hybridized carbons (Fsp3) is 0.143. The molecular weight excluding hydrogens is 343 g/mol. The van der Waals surface area contributed by atoms with Gasteiger partial charge in [0.1, 0.15) is 4.47 Å². The van der Waals surface area contributed by atoms with Crippen LogP contribution < -0.4 is 10.1 Å². The number of nitrogens with one attached hydrogen (secondary N) is 1. The molecule has 0 radical (unpaired) electrons. The molecule has 2 aromatic carbocycles. The van der Waals surface area contributed by atoms with Gasteiger partial charge in [-0.25, -0.2) is 4.39 Å². The van der Waals surface area contributed by atoms with Crippen molar-refractivity contribution in [2.45, 2.75) is 6.54 Å². The molecule has 0 atom stereocenters. The monoisotopic (exact) mass is 354 g/mol. The Morgan fingerprint density at radius 2 is 2.14 bits per heavy atom. The fourth-order valence-electron chi connectivity index (χ4n) is 1.82. The first-order chi connectivity index (χ1) is 10.0. The average Bonchev–Trinajstić information content (AvgIpc) is 2.46. The van der Waals surface area contributed by atoms with E-state index in [1.807, 2.05) is 0 Å². The first kappa shape index (κ1) is 15.2. The molecule has 0 fully saturated rings. The van der Waals surface area contributed by atoms with Gasteiger partial charge in [-0.15, -0.1) is 0 Å². The van der Waals surface area contributed by atoms with E-state index in [4.69, 9.17) is 4.74 Å². The van der Waals surface area contributed by atoms with Gasteiger partial charge in [-0.2, -0.15) is 0 Å². The molecule has 2 rings (SSSR count). The Bertz CT molecular complexity index is 679. The maximum atomic E-state index is 13.6. The molecule has 0 aliphatic carbocycles. The summed E-state index contributed by atoms with van der Waals surface area (Å²) in [5.41, 5.74) is 1.27. The Labute approximate surface area is 129 Å². The molecule has 0 saturated heterocycles. The van der Waals surface area contributed by atoms with E-state index in [2.05, 4.69) is 21.2 Å². The van der Waals surface area contributed by atoms with Crippen LogP contribution in [-0.4, -0.2) is 12.0 Å². The van der Waals surface area contributed by atoms with Crippen LogP contribution in [0.2, 0.25) is 0 Å². The zero-order valence-electron chi connectivity index (χ0n) is 11.1. The van der Waals surface area contributed by atoms with Gasteiger partial charge in [0, 0.05) is 24.4 Å². The maximum absolute atomic E-state index is 13.6. The highest BCUT2D eigenvalue weighted by atomic mass is 79.9. The lowest BCUT2D eigenvalue weighted by Crippen LogP contribution is -2.02. The van der Waals surface area contributed by atoms with Crippen LogP contribution in [0.5, 0.6) is 5.75 Å². The Hall–Kier alpha value is -2.15. The number of nitro benzene ring substituents is 1. The standard InChI is InChI=1S/C14H12BrFN2O3/c1-21-13-6-5-10(7-11(13)16)17-8-9-3-2-4-12(14(9)15)18(19)20/h2-7,17H,8H2,1H3. The third kappa shape index (κ3) is 3.49. The number of nitro groups is 1. The number of anilines is 1. The van der Waals surface area contributed by atoms with Crippen molar-refractivity contribution in [3.8, 4) is 5.75 Å². The van der Waals surface area contributed by atoms with E-state index in [1.165, 1.54) is 25.3 Å². The first-order valence-electron chi connectivity index (χ1n) is 6.02. The molecule has 0 unspecified atom stereocenters. The number of ether oxygens (including phenoxy) is 1. The van der Waals surface area contributed by atoms with Gasteiger partial charge < -0.3 is 10.1 Å². The highest BCUT2D eigenvalue weighted by Gasteiger charge is 2.14. The lowest BCUT2D eigenvalue weighted by molar-refractivity contribution is -0.385. The summed E-state index contributed by atoms with van der Waals surface area (Å²) >= 11 is 3.22. The van der Waals surface area contributed by atoms with Gasteiger partial charge in [0.25, 0.3) is 5.69 Å². The summed E-state index contributed by atoms with van der Waals surface area (Å²) in [5, 5.41) is 13.9. The molecule has 0 saturated carbocycles. The van der Waals surface area contributed by atoms with Crippen molar-refractivity contribution in [1.82, 2.24) is 0 Å². The molecule has 2 aromatic rings. The van der Waals surface area contributed by atoms with Crippen molar-refractivity contribution < 1.29 is 14.1 Å². The van der Waals surface area contributed by atoms with Crippen molar-refractivity contribution in [2.24, 2.45) is 0 Å². The van der Waals surface area contributed by atoms with Crippen LogP contribution in [0.3, 0.4) is 0 Å². The van der Waals surface area contributed by atoms with Crippen molar-refractivity contribution in [1.29, 1.82) is 0 Å². The van der Waals surface area contributed by atoms with E-state index in [0.717, 1.165) is 0 Å². The molecule has 7 heteroatoms. The van der Waals surface area contributed by atoms with Crippen molar-refractivity contribution in [2.75, 3.05) is 12.4 Å². The Morgan fingerprint density at radius 1 is 1.38 bits per heavy atom. The predicted octanol–water partition coefficient (Wildman–Crippen LogP) is 4.12. The van der Waals surface area contributed by atoms with Gasteiger partial charge in [-0.3, -0.25) is 10.1 Å². The van der Waals surface area contributed by atoms with Crippen molar-refractivity contribution >= 4 is 27.3 Å². The van der Waals surface area contributed by atoms with Crippen LogP contribution >= 0.6 is 15.9 Å². The van der Waals surface area contributed by atoms with E-state index in [1.54, 1.807) is 18.2 Å². The number of rotatable bonds is 5. The highest BCUT2D eigenvalue weighted by molar-refractivity contribution is 9.10. The largest absolute Gasteiger partial charge is 0.494 e. The Morgan fingerprint density at radius 3 is 2.76 bits per heavy atom. The number of methoxy groups -OCH3 is 1. The first-order valence-corrected chi connectivity index (χ1v) is 6.81. The van der Waals surface area contributed by atoms with Gasteiger partial charge in [0.05, 0.1) is 12.0 Å². The van der Waals surface area contributed by atoms with E-state index in [-0.39, 0.29) is 11.4 Å². The van der Waals surface area contributed by atoms with Gasteiger partial charge >= 0.3 is 0 Å². The summed E-state index contributed by atoms with van der Waals surface area (Å²) in [7, 11) is 1.39. The number of nitrogens with zero attached hydrogens (tertiary/aromatic N) is 1. The number of halogens is 2. The Balaban J connectivity index is 2.15. The lowest BCUT2D eigenvalue weighted by atomic mass is 10.2. The minimum atomic E-state index is -0.472. The molecule has 1 N–H and O–H groups in total. The third-order valence-electron chi connectivity index (χ3n) is 2.89. The van der Waals surface area contributed by atoms with Gasteiger partial charge in [-0.1, -0.05) is 12.1 Å². The van der Waals surface area contributed by atoms with Crippen LogP contribution in [0.15, 0.2) is 40.9 Å². The summed E-state index contributed by atoms with van der Waals surface area (Å²) in [6, 6.07) is 9.27. The van der Waals surface area contributed by atoms with Crippen molar-refractivity contribution in [3.05, 3.63) is 62.4 Å². The smallest absolute Gasteiger partial charge is 0.283 e. The zero-order valence-corrected chi connectivity index (χ0v) is 12.7.